The number of urea groups is 1. The molecule has 0 saturated carbocycles. The molecular weight excluding hydrogens is 375 g/mol. The molecule has 0 radical (unpaired) electrons. The predicted molar refractivity (Wildman–Crippen MR) is 97.8 cm³/mol. The molecule has 0 heterocycles. The van der Waals surface area contributed by atoms with Crippen molar-refractivity contribution in [2.45, 2.75) is 27.7 Å². The van der Waals surface area contributed by atoms with E-state index in [0.29, 0.717) is 11.4 Å². The third-order valence-corrected chi connectivity index (χ3v) is 4.04. The van der Waals surface area contributed by atoms with Gasteiger partial charge in [-0.2, -0.15) is 0 Å². The number of esters is 1. The van der Waals surface area contributed by atoms with Crippen LogP contribution in [0, 0.1) is 5.41 Å². The van der Waals surface area contributed by atoms with Crippen molar-refractivity contribution in [3.05, 3.63) is 39.0 Å². The third-order valence-electron chi connectivity index (χ3n) is 2.85. The number of hydrogen-bond donors (Lipinski definition) is 2. The summed E-state index contributed by atoms with van der Waals surface area (Å²) in [5, 5.41) is 5.88. The van der Waals surface area contributed by atoms with Crippen molar-refractivity contribution in [3.63, 3.8) is 0 Å². The minimum atomic E-state index is -0.546. The average Bonchev–Trinajstić information content (AvgIpc) is 2.43. The molecule has 0 bridgehead atoms. The first-order valence-electron chi connectivity index (χ1n) is 7.16. The third kappa shape index (κ3) is 6.23. The van der Waals surface area contributed by atoms with Crippen molar-refractivity contribution in [3.8, 4) is 0 Å². The summed E-state index contributed by atoms with van der Waals surface area (Å²) in [7, 11) is 0. The lowest BCUT2D eigenvalue weighted by molar-refractivity contribution is -0.137. The Morgan fingerprint density at radius 1 is 1.17 bits per heavy atom. The van der Waals surface area contributed by atoms with Crippen LogP contribution in [0.3, 0.4) is 0 Å². The van der Waals surface area contributed by atoms with E-state index in [1.165, 1.54) is 18.2 Å². The number of ether oxygens (including phenoxy) is 1. The number of carbonyl (C=O) groups is 2. The van der Waals surface area contributed by atoms with E-state index in [-0.39, 0.29) is 21.7 Å². The largest absolute Gasteiger partial charge is 0.463 e. The van der Waals surface area contributed by atoms with Gasteiger partial charge in [0.05, 0.1) is 21.7 Å². The van der Waals surface area contributed by atoms with Gasteiger partial charge in [-0.05, 0) is 19.1 Å². The lowest BCUT2D eigenvalue weighted by Crippen LogP contribution is -2.34. The van der Waals surface area contributed by atoms with Crippen LogP contribution in [0.4, 0.5) is 10.5 Å². The number of anilines is 1. The quantitative estimate of drug-likeness (QED) is 0.416. The second-order valence-corrected chi connectivity index (χ2v) is 7.09. The number of rotatable bonds is 4. The molecular formula is C16H19Cl3N2O3. The zero-order valence-corrected chi connectivity index (χ0v) is 16.1. The van der Waals surface area contributed by atoms with Crippen molar-refractivity contribution in [1.29, 1.82) is 0 Å². The van der Waals surface area contributed by atoms with Gasteiger partial charge >= 0.3 is 12.0 Å². The summed E-state index contributed by atoms with van der Waals surface area (Å²) in [5.41, 5.74) is 0.306. The number of amides is 2. The van der Waals surface area contributed by atoms with Crippen LogP contribution < -0.4 is 10.6 Å². The van der Waals surface area contributed by atoms with Gasteiger partial charge in [-0.15, -0.1) is 0 Å². The maximum absolute atomic E-state index is 12.2. The molecule has 0 aromatic heterocycles. The van der Waals surface area contributed by atoms with Gasteiger partial charge in [0.15, 0.2) is 0 Å². The first-order valence-corrected chi connectivity index (χ1v) is 8.29. The molecule has 0 aliphatic carbocycles. The zero-order valence-electron chi connectivity index (χ0n) is 13.8. The molecule has 2 N–H and O–H groups in total. The second-order valence-electron chi connectivity index (χ2n) is 5.89. The van der Waals surface area contributed by atoms with E-state index in [2.05, 4.69) is 10.6 Å². The first-order chi connectivity index (χ1) is 11.0. The molecule has 0 saturated heterocycles. The Kier molecular flexibility index (Phi) is 7.39. The lowest BCUT2D eigenvalue weighted by Gasteiger charge is -2.23. The normalized spacial score (nSPS) is 11.9. The summed E-state index contributed by atoms with van der Waals surface area (Å²) in [4.78, 5) is 23.8. The van der Waals surface area contributed by atoms with E-state index in [1.54, 1.807) is 6.92 Å². The van der Waals surface area contributed by atoms with Gasteiger partial charge < -0.3 is 15.4 Å². The van der Waals surface area contributed by atoms with Crippen molar-refractivity contribution in [2.75, 3.05) is 11.9 Å². The maximum Gasteiger partial charge on any atom is 0.332 e. The summed E-state index contributed by atoms with van der Waals surface area (Å²) in [6.45, 7) is 7.52. The number of benzene rings is 1. The smallest absolute Gasteiger partial charge is 0.332 e. The fourth-order valence-electron chi connectivity index (χ4n) is 1.65. The summed E-state index contributed by atoms with van der Waals surface area (Å²) >= 11 is 17.7. The van der Waals surface area contributed by atoms with Gasteiger partial charge in [0, 0.05) is 22.9 Å². The van der Waals surface area contributed by atoms with Gasteiger partial charge in [0.2, 0.25) is 0 Å². The highest BCUT2D eigenvalue weighted by Gasteiger charge is 2.21. The summed E-state index contributed by atoms with van der Waals surface area (Å²) in [6, 6.07) is 2.40. The van der Waals surface area contributed by atoms with Gasteiger partial charge in [-0.3, -0.25) is 0 Å². The van der Waals surface area contributed by atoms with E-state index in [1.807, 2.05) is 20.8 Å². The van der Waals surface area contributed by atoms with Crippen LogP contribution in [0.25, 0.3) is 0 Å². The second kappa shape index (κ2) is 8.60. The summed E-state index contributed by atoms with van der Waals surface area (Å²) in [6.07, 6.45) is 1.25. The van der Waals surface area contributed by atoms with Crippen LogP contribution in [-0.2, 0) is 9.53 Å². The number of halogens is 3. The number of nitrogens with one attached hydrogen (secondary N) is 2. The summed E-state index contributed by atoms with van der Waals surface area (Å²) in [5.74, 6) is -0.527. The Balaban J connectivity index is 2.92. The Bertz CT molecular complexity index is 644. The van der Waals surface area contributed by atoms with E-state index in [9.17, 15) is 9.59 Å². The highest BCUT2D eigenvalue weighted by Crippen LogP contribution is 2.33. The van der Waals surface area contributed by atoms with E-state index in [4.69, 9.17) is 39.5 Å². The number of carbonyl (C=O) groups excluding carboxylic acids is 2. The molecule has 1 aromatic rings. The molecule has 8 heteroatoms. The molecule has 0 spiro atoms. The van der Waals surface area contributed by atoms with Crippen LogP contribution in [0.2, 0.25) is 15.1 Å². The van der Waals surface area contributed by atoms with Crippen molar-refractivity contribution in [2.24, 2.45) is 5.41 Å². The van der Waals surface area contributed by atoms with Crippen molar-refractivity contribution in [1.82, 2.24) is 5.32 Å². The summed E-state index contributed by atoms with van der Waals surface area (Å²) < 4.78 is 4.88. The molecule has 132 valence electrons. The van der Waals surface area contributed by atoms with Crippen LogP contribution in [-0.4, -0.2) is 18.6 Å². The topological polar surface area (TPSA) is 67.4 Å². The van der Waals surface area contributed by atoms with Gasteiger partial charge in [-0.1, -0.05) is 55.6 Å². The van der Waals surface area contributed by atoms with Crippen LogP contribution >= 0.6 is 34.8 Å². The molecule has 2 amide bonds. The van der Waals surface area contributed by atoms with E-state index in [0.717, 1.165) is 0 Å². The van der Waals surface area contributed by atoms with Crippen molar-refractivity contribution >= 4 is 52.5 Å². The number of hydrogen-bond acceptors (Lipinski definition) is 3. The average molecular weight is 394 g/mol. The van der Waals surface area contributed by atoms with E-state index >= 15 is 0 Å². The fourth-order valence-corrected chi connectivity index (χ4v) is 2.25. The van der Waals surface area contributed by atoms with E-state index < -0.39 is 17.4 Å². The molecule has 1 aromatic carbocycles. The van der Waals surface area contributed by atoms with Gasteiger partial charge in [-0.25, -0.2) is 9.59 Å². The molecule has 0 atom stereocenters. The Morgan fingerprint density at radius 3 is 2.17 bits per heavy atom. The Morgan fingerprint density at radius 2 is 1.71 bits per heavy atom. The monoisotopic (exact) mass is 392 g/mol. The molecule has 1 rings (SSSR count). The standard InChI is InChI=1S/C16H19Cl3N2O3/c1-5-24-13(22)8-12(16(2,3)4)21-15(23)20-9-6-10(17)14(19)11(18)7-9/h6-8H,5H2,1-4H3,(H2,20,21,23)/b12-8+. The zero-order chi connectivity index (χ0) is 18.5. The molecule has 0 fully saturated rings. The lowest BCUT2D eigenvalue weighted by atomic mass is 9.91. The minimum absolute atomic E-state index is 0.210. The molecule has 5 nitrogen and oxygen atoms in total. The first kappa shape index (κ1) is 20.6. The highest BCUT2D eigenvalue weighted by molar-refractivity contribution is 6.48. The Hall–Kier alpha value is -1.43. The molecule has 0 unspecified atom stereocenters. The number of allylic oxidation sites excluding steroid dienone is 1. The van der Waals surface area contributed by atoms with Crippen LogP contribution in [0.1, 0.15) is 27.7 Å². The van der Waals surface area contributed by atoms with Gasteiger partial charge in [0.25, 0.3) is 0 Å². The fraction of sp³-hybridized carbons (Fsp3) is 0.375. The molecule has 0 aliphatic heterocycles. The SMILES string of the molecule is CCOC(=O)/C=C(/NC(=O)Nc1cc(Cl)c(Cl)c(Cl)c1)C(C)(C)C. The molecule has 0 aliphatic rings. The highest BCUT2D eigenvalue weighted by atomic mass is 35.5. The Labute approximate surface area is 156 Å². The van der Waals surface area contributed by atoms with Crippen LogP contribution in [0.15, 0.2) is 23.9 Å². The van der Waals surface area contributed by atoms with Gasteiger partial charge in [0.1, 0.15) is 0 Å². The molecule has 24 heavy (non-hydrogen) atoms. The van der Waals surface area contributed by atoms with Crippen LogP contribution in [0.5, 0.6) is 0 Å². The maximum atomic E-state index is 12.2. The minimum Gasteiger partial charge on any atom is -0.463 e. The van der Waals surface area contributed by atoms with Crippen molar-refractivity contribution < 1.29 is 14.3 Å². The predicted octanol–water partition coefficient (Wildman–Crippen LogP) is 5.26.